The summed E-state index contributed by atoms with van der Waals surface area (Å²) in [7, 11) is 0. The molecule has 0 atom stereocenters. The highest BCUT2D eigenvalue weighted by Gasteiger charge is 2.03. The second-order valence-electron chi connectivity index (χ2n) is 3.95. The van der Waals surface area contributed by atoms with E-state index in [0.29, 0.717) is 11.1 Å². The SMILES string of the molecule is Cc1cccc(C=NNC(=O)c2ccncc2)c1O. The van der Waals surface area contributed by atoms with Crippen LogP contribution in [-0.4, -0.2) is 22.2 Å². The van der Waals surface area contributed by atoms with E-state index in [-0.39, 0.29) is 11.7 Å². The van der Waals surface area contributed by atoms with Crippen LogP contribution in [0.5, 0.6) is 5.75 Å². The van der Waals surface area contributed by atoms with Crippen LogP contribution in [0.1, 0.15) is 21.5 Å². The molecule has 0 radical (unpaired) electrons. The zero-order valence-corrected chi connectivity index (χ0v) is 10.4. The molecule has 0 unspecified atom stereocenters. The van der Waals surface area contributed by atoms with Crippen molar-refractivity contribution in [2.75, 3.05) is 0 Å². The van der Waals surface area contributed by atoms with Crippen molar-refractivity contribution in [2.45, 2.75) is 6.92 Å². The largest absolute Gasteiger partial charge is 0.507 e. The second-order valence-corrected chi connectivity index (χ2v) is 3.95. The van der Waals surface area contributed by atoms with Crippen LogP contribution in [0.3, 0.4) is 0 Å². The van der Waals surface area contributed by atoms with Crippen molar-refractivity contribution in [1.29, 1.82) is 0 Å². The molecule has 2 N–H and O–H groups in total. The normalized spacial score (nSPS) is 10.6. The van der Waals surface area contributed by atoms with E-state index < -0.39 is 0 Å². The topological polar surface area (TPSA) is 74.6 Å². The average Bonchev–Trinajstić information content (AvgIpc) is 2.44. The van der Waals surface area contributed by atoms with Gasteiger partial charge < -0.3 is 5.11 Å². The van der Waals surface area contributed by atoms with E-state index in [1.165, 1.54) is 18.6 Å². The molecule has 0 aliphatic carbocycles. The first-order valence-electron chi connectivity index (χ1n) is 5.70. The lowest BCUT2D eigenvalue weighted by atomic mass is 10.1. The number of carbonyl (C=O) groups is 1. The number of aromatic hydroxyl groups is 1. The van der Waals surface area contributed by atoms with Crippen LogP contribution < -0.4 is 5.43 Å². The number of nitrogens with one attached hydrogen (secondary N) is 1. The summed E-state index contributed by atoms with van der Waals surface area (Å²) in [5.74, 6) is -0.171. The van der Waals surface area contributed by atoms with Crippen LogP contribution in [-0.2, 0) is 0 Å². The fraction of sp³-hybridized carbons (Fsp3) is 0.0714. The first kappa shape index (κ1) is 12.8. The van der Waals surface area contributed by atoms with Gasteiger partial charge in [-0.15, -0.1) is 0 Å². The molecule has 5 heteroatoms. The van der Waals surface area contributed by atoms with Gasteiger partial charge in [0.05, 0.1) is 6.21 Å². The summed E-state index contributed by atoms with van der Waals surface area (Å²) < 4.78 is 0. The molecule has 0 aliphatic rings. The summed E-state index contributed by atoms with van der Waals surface area (Å²) in [5, 5.41) is 13.6. The van der Waals surface area contributed by atoms with E-state index in [1.807, 2.05) is 0 Å². The van der Waals surface area contributed by atoms with Gasteiger partial charge in [-0.05, 0) is 30.7 Å². The van der Waals surface area contributed by atoms with Gasteiger partial charge in [-0.3, -0.25) is 9.78 Å². The highest BCUT2D eigenvalue weighted by atomic mass is 16.3. The summed E-state index contributed by atoms with van der Waals surface area (Å²) in [6.45, 7) is 1.79. The molecule has 1 amide bonds. The molecule has 2 aromatic rings. The number of phenolic OH excluding ortho intramolecular Hbond substituents is 1. The van der Waals surface area contributed by atoms with Crippen LogP contribution in [0.4, 0.5) is 0 Å². The van der Waals surface area contributed by atoms with Gasteiger partial charge in [0.1, 0.15) is 5.75 Å². The molecule has 1 heterocycles. The fourth-order valence-corrected chi connectivity index (χ4v) is 1.51. The van der Waals surface area contributed by atoms with Gasteiger partial charge in [0.25, 0.3) is 5.91 Å². The lowest BCUT2D eigenvalue weighted by molar-refractivity contribution is 0.0955. The Morgan fingerprint density at radius 3 is 2.79 bits per heavy atom. The third kappa shape index (κ3) is 3.16. The maximum atomic E-state index is 11.7. The fourth-order valence-electron chi connectivity index (χ4n) is 1.51. The van der Waals surface area contributed by atoms with Crippen molar-refractivity contribution >= 4 is 12.1 Å². The molecule has 19 heavy (non-hydrogen) atoms. The number of carbonyl (C=O) groups excluding carboxylic acids is 1. The molecular formula is C14H13N3O2. The van der Waals surface area contributed by atoms with Gasteiger partial charge in [0.15, 0.2) is 0 Å². The monoisotopic (exact) mass is 255 g/mol. The Balaban J connectivity index is 2.05. The van der Waals surface area contributed by atoms with Crippen molar-refractivity contribution in [1.82, 2.24) is 10.4 Å². The van der Waals surface area contributed by atoms with Gasteiger partial charge in [-0.1, -0.05) is 12.1 Å². The van der Waals surface area contributed by atoms with Gasteiger partial charge >= 0.3 is 0 Å². The predicted octanol–water partition coefficient (Wildman–Crippen LogP) is 1.86. The minimum atomic E-state index is -0.328. The number of amides is 1. The van der Waals surface area contributed by atoms with E-state index >= 15 is 0 Å². The lowest BCUT2D eigenvalue weighted by Gasteiger charge is -2.02. The maximum absolute atomic E-state index is 11.7. The Morgan fingerprint density at radius 1 is 1.32 bits per heavy atom. The molecule has 0 aliphatic heterocycles. The number of rotatable bonds is 3. The molecule has 96 valence electrons. The van der Waals surface area contributed by atoms with Gasteiger partial charge in [0, 0.05) is 23.5 Å². The van der Waals surface area contributed by atoms with E-state index in [1.54, 1.807) is 37.3 Å². The van der Waals surface area contributed by atoms with Crippen LogP contribution in [0.15, 0.2) is 47.8 Å². The molecule has 0 fully saturated rings. The van der Waals surface area contributed by atoms with Crippen LogP contribution >= 0.6 is 0 Å². The highest BCUT2D eigenvalue weighted by Crippen LogP contribution is 2.19. The van der Waals surface area contributed by atoms with Crippen molar-refractivity contribution in [3.63, 3.8) is 0 Å². The molecular weight excluding hydrogens is 242 g/mol. The highest BCUT2D eigenvalue weighted by molar-refractivity contribution is 5.94. The van der Waals surface area contributed by atoms with E-state index in [4.69, 9.17) is 0 Å². The first-order chi connectivity index (χ1) is 9.18. The van der Waals surface area contributed by atoms with Gasteiger partial charge in [-0.25, -0.2) is 5.43 Å². The summed E-state index contributed by atoms with van der Waals surface area (Å²) in [5.41, 5.74) is 4.16. The number of benzene rings is 1. The minimum Gasteiger partial charge on any atom is -0.507 e. The Hall–Kier alpha value is -2.69. The second kappa shape index (κ2) is 5.77. The number of hydrogen-bond donors (Lipinski definition) is 2. The van der Waals surface area contributed by atoms with E-state index in [2.05, 4.69) is 15.5 Å². The van der Waals surface area contributed by atoms with Crippen LogP contribution in [0.2, 0.25) is 0 Å². The van der Waals surface area contributed by atoms with E-state index in [9.17, 15) is 9.90 Å². The molecule has 1 aromatic heterocycles. The number of aryl methyl sites for hydroxylation is 1. The number of pyridine rings is 1. The summed E-state index contributed by atoms with van der Waals surface area (Å²) in [6.07, 6.45) is 4.47. The third-order valence-electron chi connectivity index (χ3n) is 2.58. The molecule has 0 bridgehead atoms. The average molecular weight is 255 g/mol. The van der Waals surface area contributed by atoms with Crippen LogP contribution in [0.25, 0.3) is 0 Å². The zero-order valence-electron chi connectivity index (χ0n) is 10.4. The van der Waals surface area contributed by atoms with Crippen molar-refractivity contribution in [3.8, 4) is 5.75 Å². The van der Waals surface area contributed by atoms with Gasteiger partial charge in [0.2, 0.25) is 0 Å². The summed E-state index contributed by atoms with van der Waals surface area (Å²) >= 11 is 0. The maximum Gasteiger partial charge on any atom is 0.271 e. The first-order valence-corrected chi connectivity index (χ1v) is 5.70. The molecule has 0 saturated heterocycles. The Bertz CT molecular complexity index is 609. The molecule has 5 nitrogen and oxygen atoms in total. The quantitative estimate of drug-likeness (QED) is 0.649. The van der Waals surface area contributed by atoms with Crippen LogP contribution in [0, 0.1) is 6.92 Å². The third-order valence-corrected chi connectivity index (χ3v) is 2.58. The van der Waals surface area contributed by atoms with E-state index in [0.717, 1.165) is 5.56 Å². The summed E-state index contributed by atoms with van der Waals surface area (Å²) in [6, 6.07) is 8.50. The Labute approximate surface area is 110 Å². The Morgan fingerprint density at radius 2 is 2.05 bits per heavy atom. The van der Waals surface area contributed by atoms with Crippen molar-refractivity contribution in [2.24, 2.45) is 5.10 Å². The number of phenols is 1. The number of hydrogen-bond acceptors (Lipinski definition) is 4. The predicted molar refractivity (Wildman–Crippen MR) is 72.1 cm³/mol. The number of hydrazone groups is 1. The molecule has 1 aromatic carbocycles. The Kier molecular flexibility index (Phi) is 3.87. The smallest absolute Gasteiger partial charge is 0.271 e. The zero-order chi connectivity index (χ0) is 13.7. The number of para-hydroxylation sites is 1. The molecule has 2 rings (SSSR count). The van der Waals surface area contributed by atoms with Crippen molar-refractivity contribution in [3.05, 3.63) is 59.4 Å². The number of aromatic nitrogens is 1. The lowest BCUT2D eigenvalue weighted by Crippen LogP contribution is -2.17. The number of nitrogens with zero attached hydrogens (tertiary/aromatic N) is 2. The molecule has 0 spiro atoms. The molecule has 0 saturated carbocycles. The standard InChI is InChI=1S/C14H13N3O2/c1-10-3-2-4-12(13(10)18)9-16-17-14(19)11-5-7-15-8-6-11/h2-9,18H,1H3,(H,17,19). The summed E-state index contributed by atoms with van der Waals surface area (Å²) in [4.78, 5) is 15.5. The minimum absolute atomic E-state index is 0.157. The van der Waals surface area contributed by atoms with Gasteiger partial charge in [-0.2, -0.15) is 5.10 Å². The van der Waals surface area contributed by atoms with Crippen molar-refractivity contribution < 1.29 is 9.90 Å².